The van der Waals surface area contributed by atoms with Gasteiger partial charge in [0.15, 0.2) is 5.75 Å². The molecule has 0 aliphatic carbocycles. The van der Waals surface area contributed by atoms with Gasteiger partial charge in [0.2, 0.25) is 5.91 Å². The molecule has 0 unspecified atom stereocenters. The monoisotopic (exact) mass is 424 g/mol. The van der Waals surface area contributed by atoms with Crippen LogP contribution in [0.2, 0.25) is 0 Å². The minimum atomic E-state index is -4.08. The number of carbonyl (C=O) groups excluding carboxylic acids is 1. The zero-order valence-electron chi connectivity index (χ0n) is 16.2. The molecule has 0 spiro atoms. The van der Waals surface area contributed by atoms with Crippen LogP contribution in [-0.2, 0) is 21.3 Å². The Morgan fingerprint density at radius 2 is 1.73 bits per heavy atom. The Hall–Kier alpha value is -3.65. The molecule has 154 valence electrons. The van der Waals surface area contributed by atoms with Crippen molar-refractivity contribution in [2.24, 2.45) is 5.10 Å². The number of benzene rings is 3. The molecular formula is C22H20N2O5S. The standard InChI is InChI=1S/C22H20N2O5S/c1-28-19-11-7-12-20(15-19)30(26,27)29-21-13-6-5-10-18(21)16-23-24-22(25)14-17-8-3-2-4-9-17/h2-13,15-16H,14H2,1H3,(H,24,25). The topological polar surface area (TPSA) is 94.1 Å². The normalized spacial score (nSPS) is 11.2. The number of methoxy groups -OCH3 is 1. The molecule has 0 heterocycles. The minimum Gasteiger partial charge on any atom is -0.497 e. The number of hydrogen-bond donors (Lipinski definition) is 1. The van der Waals surface area contributed by atoms with Gasteiger partial charge >= 0.3 is 10.1 Å². The van der Waals surface area contributed by atoms with Gasteiger partial charge < -0.3 is 8.92 Å². The second-order valence-corrected chi connectivity index (χ2v) is 7.76. The summed E-state index contributed by atoms with van der Waals surface area (Å²) >= 11 is 0. The van der Waals surface area contributed by atoms with E-state index >= 15 is 0 Å². The van der Waals surface area contributed by atoms with E-state index in [-0.39, 0.29) is 23.0 Å². The number of para-hydroxylation sites is 1. The van der Waals surface area contributed by atoms with Gasteiger partial charge in [-0.15, -0.1) is 0 Å². The Balaban J connectivity index is 1.71. The SMILES string of the molecule is COc1cccc(S(=O)(=O)Oc2ccccc2C=NNC(=O)Cc2ccccc2)c1. The third-order valence-corrected chi connectivity index (χ3v) is 5.28. The lowest BCUT2D eigenvalue weighted by atomic mass is 10.1. The maximum absolute atomic E-state index is 12.6. The first-order chi connectivity index (χ1) is 14.5. The van der Waals surface area contributed by atoms with Crippen LogP contribution in [0.1, 0.15) is 11.1 Å². The van der Waals surface area contributed by atoms with Gasteiger partial charge in [-0.2, -0.15) is 13.5 Å². The van der Waals surface area contributed by atoms with Crippen molar-refractivity contribution in [2.75, 3.05) is 7.11 Å². The van der Waals surface area contributed by atoms with E-state index in [1.807, 2.05) is 30.3 Å². The van der Waals surface area contributed by atoms with E-state index in [9.17, 15) is 13.2 Å². The van der Waals surface area contributed by atoms with Crippen molar-refractivity contribution >= 4 is 22.2 Å². The summed E-state index contributed by atoms with van der Waals surface area (Å²) in [6.07, 6.45) is 1.51. The highest BCUT2D eigenvalue weighted by atomic mass is 32.2. The second kappa shape index (κ2) is 9.71. The number of amides is 1. The average Bonchev–Trinajstić information content (AvgIpc) is 2.75. The quantitative estimate of drug-likeness (QED) is 0.341. The maximum Gasteiger partial charge on any atom is 0.339 e. The summed E-state index contributed by atoms with van der Waals surface area (Å²) in [7, 11) is -2.63. The molecule has 8 heteroatoms. The van der Waals surface area contributed by atoms with Gasteiger partial charge in [0.05, 0.1) is 19.7 Å². The average molecular weight is 424 g/mol. The van der Waals surface area contributed by atoms with Gasteiger partial charge in [-0.25, -0.2) is 5.43 Å². The summed E-state index contributed by atoms with van der Waals surface area (Å²) in [6, 6.07) is 21.7. The van der Waals surface area contributed by atoms with Crippen molar-refractivity contribution in [2.45, 2.75) is 11.3 Å². The summed E-state index contributed by atoms with van der Waals surface area (Å²) in [5, 5.41) is 3.91. The molecule has 1 N–H and O–H groups in total. The zero-order chi connectivity index (χ0) is 21.4. The zero-order valence-corrected chi connectivity index (χ0v) is 17.0. The Bertz CT molecular complexity index is 1140. The minimum absolute atomic E-state index is 0.0373. The number of nitrogens with one attached hydrogen (secondary N) is 1. The van der Waals surface area contributed by atoms with Crippen LogP contribution in [0, 0.1) is 0 Å². The van der Waals surface area contributed by atoms with Crippen LogP contribution in [0.3, 0.4) is 0 Å². The van der Waals surface area contributed by atoms with Crippen LogP contribution in [-0.4, -0.2) is 27.6 Å². The molecule has 0 radical (unpaired) electrons. The van der Waals surface area contributed by atoms with E-state index in [0.29, 0.717) is 11.3 Å². The highest BCUT2D eigenvalue weighted by Gasteiger charge is 2.18. The first-order valence-electron chi connectivity index (χ1n) is 9.01. The Kier molecular flexibility index (Phi) is 6.82. The summed E-state index contributed by atoms with van der Waals surface area (Å²) in [5.41, 5.74) is 3.68. The lowest BCUT2D eigenvalue weighted by molar-refractivity contribution is -0.120. The van der Waals surface area contributed by atoms with Crippen molar-refractivity contribution < 1.29 is 22.1 Å². The molecule has 0 aromatic heterocycles. The smallest absolute Gasteiger partial charge is 0.339 e. The summed E-state index contributed by atoms with van der Waals surface area (Å²) < 4.78 is 35.6. The molecule has 0 saturated heterocycles. The van der Waals surface area contributed by atoms with E-state index in [1.165, 1.54) is 31.5 Å². The first-order valence-corrected chi connectivity index (χ1v) is 10.4. The molecular weight excluding hydrogens is 404 g/mol. The van der Waals surface area contributed by atoms with Gasteiger partial charge in [0.1, 0.15) is 10.6 Å². The summed E-state index contributed by atoms with van der Waals surface area (Å²) in [4.78, 5) is 12.0. The summed E-state index contributed by atoms with van der Waals surface area (Å²) in [5.74, 6) is 0.192. The predicted octanol–water partition coefficient (Wildman–Crippen LogP) is 3.16. The van der Waals surface area contributed by atoms with Crippen molar-refractivity contribution in [3.05, 3.63) is 90.0 Å². The van der Waals surface area contributed by atoms with E-state index < -0.39 is 10.1 Å². The molecule has 1 amide bonds. The molecule has 0 aliphatic rings. The van der Waals surface area contributed by atoms with Crippen LogP contribution >= 0.6 is 0 Å². The molecule has 0 fully saturated rings. The fourth-order valence-corrected chi connectivity index (χ4v) is 3.57. The van der Waals surface area contributed by atoms with Crippen LogP contribution in [0.5, 0.6) is 11.5 Å². The fourth-order valence-electron chi connectivity index (χ4n) is 2.58. The molecule has 30 heavy (non-hydrogen) atoms. The van der Waals surface area contributed by atoms with Gasteiger partial charge in [0.25, 0.3) is 0 Å². The molecule has 0 saturated carbocycles. The fraction of sp³-hybridized carbons (Fsp3) is 0.0909. The number of hydrogen-bond acceptors (Lipinski definition) is 6. The van der Waals surface area contributed by atoms with E-state index in [1.54, 1.807) is 30.3 Å². The van der Waals surface area contributed by atoms with Crippen molar-refractivity contribution in [1.29, 1.82) is 0 Å². The third-order valence-electron chi connectivity index (χ3n) is 4.05. The largest absolute Gasteiger partial charge is 0.497 e. The number of carbonyl (C=O) groups is 1. The van der Waals surface area contributed by atoms with Gasteiger partial charge in [0, 0.05) is 11.6 Å². The number of nitrogens with zero attached hydrogens (tertiary/aromatic N) is 1. The van der Waals surface area contributed by atoms with Crippen molar-refractivity contribution in [3.63, 3.8) is 0 Å². The lowest BCUT2D eigenvalue weighted by Gasteiger charge is -2.10. The second-order valence-electron chi connectivity index (χ2n) is 6.21. The van der Waals surface area contributed by atoms with Gasteiger partial charge in [-0.05, 0) is 29.8 Å². The van der Waals surface area contributed by atoms with E-state index in [4.69, 9.17) is 8.92 Å². The van der Waals surface area contributed by atoms with E-state index in [0.717, 1.165) is 5.56 Å². The van der Waals surface area contributed by atoms with Crippen LogP contribution < -0.4 is 14.3 Å². The number of rotatable bonds is 8. The molecule has 3 aromatic carbocycles. The number of hydrazone groups is 1. The molecule has 7 nitrogen and oxygen atoms in total. The molecule has 3 aromatic rings. The molecule has 0 atom stereocenters. The molecule has 3 rings (SSSR count). The highest BCUT2D eigenvalue weighted by molar-refractivity contribution is 7.87. The molecule has 0 aliphatic heterocycles. The van der Waals surface area contributed by atoms with E-state index in [2.05, 4.69) is 10.5 Å². The maximum atomic E-state index is 12.6. The predicted molar refractivity (Wildman–Crippen MR) is 113 cm³/mol. The van der Waals surface area contributed by atoms with Crippen LogP contribution in [0.4, 0.5) is 0 Å². The van der Waals surface area contributed by atoms with Gasteiger partial charge in [-0.1, -0.05) is 48.5 Å². The Morgan fingerprint density at radius 1 is 1.00 bits per heavy atom. The highest BCUT2D eigenvalue weighted by Crippen LogP contribution is 2.24. The Labute approximate surface area is 175 Å². The van der Waals surface area contributed by atoms with Crippen molar-refractivity contribution in [3.8, 4) is 11.5 Å². The first kappa shape index (κ1) is 21.1. The van der Waals surface area contributed by atoms with Crippen molar-refractivity contribution in [1.82, 2.24) is 5.43 Å². The summed E-state index contributed by atoms with van der Waals surface area (Å²) in [6.45, 7) is 0. The third kappa shape index (κ3) is 5.68. The number of ether oxygens (including phenoxy) is 1. The Morgan fingerprint density at radius 3 is 2.50 bits per heavy atom. The van der Waals surface area contributed by atoms with Gasteiger partial charge in [-0.3, -0.25) is 4.79 Å². The molecule has 0 bridgehead atoms. The lowest BCUT2D eigenvalue weighted by Crippen LogP contribution is -2.19. The van der Waals surface area contributed by atoms with Crippen LogP contribution in [0.15, 0.2) is 88.9 Å². The van der Waals surface area contributed by atoms with Crippen LogP contribution in [0.25, 0.3) is 0 Å².